The number of ether oxygens (including phenoxy) is 4. The third-order valence-corrected chi connectivity index (χ3v) is 7.11. The van der Waals surface area contributed by atoms with E-state index in [-0.39, 0.29) is 19.9 Å². The van der Waals surface area contributed by atoms with Gasteiger partial charge >= 0.3 is 13.3 Å². The van der Waals surface area contributed by atoms with Crippen molar-refractivity contribution in [1.29, 1.82) is 0 Å². The first-order chi connectivity index (χ1) is 14.6. The Balaban J connectivity index is 2.02. The second-order valence-electron chi connectivity index (χ2n) is 7.53. The molecule has 3 heterocycles. The van der Waals surface area contributed by atoms with Crippen LogP contribution in [0.3, 0.4) is 0 Å². The Morgan fingerprint density at radius 2 is 1.81 bits per heavy atom. The van der Waals surface area contributed by atoms with Crippen molar-refractivity contribution in [2.75, 3.05) is 20.3 Å². The second-order valence-corrected chi connectivity index (χ2v) is 9.66. The molecule has 0 aliphatic carbocycles. The molecular formula is C18H29N2O10P. The molecule has 0 amide bonds. The van der Waals surface area contributed by atoms with Gasteiger partial charge in [-0.1, -0.05) is 0 Å². The number of aromatic nitrogens is 2. The summed E-state index contributed by atoms with van der Waals surface area (Å²) in [5.41, 5.74) is -1.24. The highest BCUT2D eigenvalue weighted by Crippen LogP contribution is 2.57. The first-order valence-corrected chi connectivity index (χ1v) is 11.6. The third kappa shape index (κ3) is 4.57. The van der Waals surface area contributed by atoms with Crippen LogP contribution in [0.2, 0.25) is 0 Å². The van der Waals surface area contributed by atoms with Gasteiger partial charge in [-0.3, -0.25) is 13.9 Å². The van der Waals surface area contributed by atoms with E-state index in [1.54, 1.807) is 27.7 Å². The van der Waals surface area contributed by atoms with Crippen LogP contribution in [-0.2, 0) is 39.3 Å². The van der Waals surface area contributed by atoms with Crippen LogP contribution in [0.4, 0.5) is 0 Å². The van der Waals surface area contributed by atoms with Crippen LogP contribution in [0.25, 0.3) is 0 Å². The Hall–Kier alpha value is -1.37. The summed E-state index contributed by atoms with van der Waals surface area (Å²) < 4.78 is 48.4. The molecular weight excluding hydrogens is 435 g/mol. The van der Waals surface area contributed by atoms with Crippen LogP contribution in [0.5, 0.6) is 0 Å². The Morgan fingerprint density at radius 3 is 2.39 bits per heavy atom. The average Bonchev–Trinajstić information content (AvgIpc) is 3.18. The van der Waals surface area contributed by atoms with E-state index in [4.69, 9.17) is 28.0 Å². The van der Waals surface area contributed by atoms with E-state index in [2.05, 4.69) is 0 Å². The lowest BCUT2D eigenvalue weighted by Gasteiger charge is -2.30. The summed E-state index contributed by atoms with van der Waals surface area (Å²) >= 11 is 0. The molecule has 3 rings (SSSR count). The quantitative estimate of drug-likeness (QED) is 0.518. The maximum absolute atomic E-state index is 13.1. The van der Waals surface area contributed by atoms with E-state index in [1.165, 1.54) is 19.4 Å². The van der Waals surface area contributed by atoms with E-state index < -0.39 is 55.0 Å². The standard InChI is InChI=1S/C18H29N2O10P/c1-6-26-31(24,27-7-2)16(22)14-12-13(30-18(3,4)29-12)15(28-14)19-9-8-11(21)20(10-25-5)17(19)23/h8-9,12-16,22H,6-7,10H2,1-5H3/t12-,13+,14-,15+,16-/m0/s1. The summed E-state index contributed by atoms with van der Waals surface area (Å²) in [7, 11) is -2.62. The molecule has 1 aromatic heterocycles. The lowest BCUT2D eigenvalue weighted by atomic mass is 10.1. The van der Waals surface area contributed by atoms with Gasteiger partial charge in [-0.05, 0) is 27.7 Å². The zero-order chi connectivity index (χ0) is 23.0. The van der Waals surface area contributed by atoms with Gasteiger partial charge in [0.25, 0.3) is 5.56 Å². The maximum Gasteiger partial charge on any atom is 0.361 e. The highest BCUT2D eigenvalue weighted by atomic mass is 31.2. The molecule has 2 aliphatic rings. The van der Waals surface area contributed by atoms with Crippen LogP contribution >= 0.6 is 7.60 Å². The van der Waals surface area contributed by atoms with E-state index in [0.717, 1.165) is 9.13 Å². The van der Waals surface area contributed by atoms with Gasteiger partial charge in [0.1, 0.15) is 25.0 Å². The normalized spacial score (nSPS) is 28.6. The predicted octanol–water partition coefficient (Wildman–Crippen LogP) is 0.616. The highest BCUT2D eigenvalue weighted by Gasteiger charge is 2.61. The summed E-state index contributed by atoms with van der Waals surface area (Å²) in [6.45, 7) is 6.42. The fraction of sp³-hybridized carbons (Fsp3) is 0.778. The van der Waals surface area contributed by atoms with Crippen LogP contribution < -0.4 is 11.2 Å². The van der Waals surface area contributed by atoms with E-state index >= 15 is 0 Å². The minimum absolute atomic E-state index is 0.0445. The van der Waals surface area contributed by atoms with Crippen molar-refractivity contribution in [3.8, 4) is 0 Å². The fourth-order valence-electron chi connectivity index (χ4n) is 3.77. The smallest absolute Gasteiger partial charge is 0.361 e. The first-order valence-electron chi connectivity index (χ1n) is 9.97. The van der Waals surface area contributed by atoms with Crippen molar-refractivity contribution < 1.29 is 37.7 Å². The Bertz CT molecular complexity index is 934. The third-order valence-electron chi connectivity index (χ3n) is 4.93. The van der Waals surface area contributed by atoms with Gasteiger partial charge in [0.15, 0.2) is 17.9 Å². The van der Waals surface area contributed by atoms with E-state index in [0.29, 0.717) is 0 Å². The lowest BCUT2D eigenvalue weighted by molar-refractivity contribution is -0.204. The number of hydrogen-bond donors (Lipinski definition) is 1. The van der Waals surface area contributed by atoms with Gasteiger partial charge in [-0.2, -0.15) is 0 Å². The molecule has 176 valence electrons. The van der Waals surface area contributed by atoms with Crippen LogP contribution in [-0.4, -0.2) is 64.5 Å². The van der Waals surface area contributed by atoms with Gasteiger partial charge in [0.05, 0.1) is 13.2 Å². The molecule has 0 radical (unpaired) electrons. The lowest BCUT2D eigenvalue weighted by Crippen LogP contribution is -2.43. The zero-order valence-corrected chi connectivity index (χ0v) is 19.0. The van der Waals surface area contributed by atoms with Gasteiger partial charge in [0.2, 0.25) is 0 Å². The summed E-state index contributed by atoms with van der Waals surface area (Å²) in [5, 5.41) is 10.9. The number of aliphatic hydroxyl groups is 1. The molecule has 0 aromatic carbocycles. The largest absolute Gasteiger partial charge is 0.378 e. The monoisotopic (exact) mass is 464 g/mol. The molecule has 0 bridgehead atoms. The average molecular weight is 464 g/mol. The summed E-state index contributed by atoms with van der Waals surface area (Å²) in [4.78, 5) is 24.9. The van der Waals surface area contributed by atoms with Crippen LogP contribution in [0.1, 0.15) is 33.9 Å². The molecule has 1 N–H and O–H groups in total. The van der Waals surface area contributed by atoms with Crippen molar-refractivity contribution in [1.82, 2.24) is 9.13 Å². The van der Waals surface area contributed by atoms with E-state index in [9.17, 15) is 19.3 Å². The number of rotatable bonds is 9. The fourth-order valence-corrected chi connectivity index (χ4v) is 5.47. The second kappa shape index (κ2) is 9.24. The molecule has 13 heteroatoms. The minimum atomic E-state index is -3.98. The number of methoxy groups -OCH3 is 1. The van der Waals surface area contributed by atoms with Crippen molar-refractivity contribution >= 4 is 7.60 Å². The van der Waals surface area contributed by atoms with E-state index in [1.807, 2.05) is 0 Å². The van der Waals surface area contributed by atoms with Gasteiger partial charge in [0, 0.05) is 19.4 Å². The number of hydrogen-bond acceptors (Lipinski definition) is 10. The number of nitrogens with zero attached hydrogens (tertiary/aromatic N) is 2. The molecule has 1 aromatic rings. The molecule has 12 nitrogen and oxygen atoms in total. The van der Waals surface area contributed by atoms with Gasteiger partial charge in [-0.25, -0.2) is 9.36 Å². The summed E-state index contributed by atoms with van der Waals surface area (Å²) in [6, 6.07) is 1.19. The zero-order valence-electron chi connectivity index (χ0n) is 18.1. The van der Waals surface area contributed by atoms with Crippen molar-refractivity contribution in [3.63, 3.8) is 0 Å². The Morgan fingerprint density at radius 1 is 1.19 bits per heavy atom. The molecule has 5 atom stereocenters. The van der Waals surface area contributed by atoms with Crippen LogP contribution in [0, 0.1) is 0 Å². The molecule has 0 saturated carbocycles. The van der Waals surface area contributed by atoms with Crippen molar-refractivity contribution in [2.45, 2.75) is 70.6 Å². The highest BCUT2D eigenvalue weighted by molar-refractivity contribution is 7.54. The van der Waals surface area contributed by atoms with Gasteiger partial charge in [-0.15, -0.1) is 0 Å². The summed E-state index contributed by atoms with van der Waals surface area (Å²) in [5.74, 6) is -2.75. The van der Waals surface area contributed by atoms with Crippen LogP contribution in [0.15, 0.2) is 21.9 Å². The number of aliphatic hydroxyl groups excluding tert-OH is 1. The Kier molecular flexibility index (Phi) is 7.24. The molecule has 2 saturated heterocycles. The predicted molar refractivity (Wildman–Crippen MR) is 107 cm³/mol. The maximum atomic E-state index is 13.1. The molecule has 0 unspecified atom stereocenters. The van der Waals surface area contributed by atoms with Crippen molar-refractivity contribution in [2.24, 2.45) is 0 Å². The molecule has 2 fully saturated rings. The van der Waals surface area contributed by atoms with Crippen molar-refractivity contribution in [3.05, 3.63) is 33.1 Å². The van der Waals surface area contributed by atoms with Gasteiger partial charge < -0.3 is 33.1 Å². The number of fused-ring (bicyclic) bond motifs is 1. The molecule has 0 spiro atoms. The molecule has 2 aliphatic heterocycles. The topological polar surface area (TPSA) is 137 Å². The first kappa shape index (κ1) is 24.3. The Labute approximate surface area is 179 Å². The minimum Gasteiger partial charge on any atom is -0.378 e. The molecule has 31 heavy (non-hydrogen) atoms. The summed E-state index contributed by atoms with van der Waals surface area (Å²) in [6.07, 6.45) is -2.70. The SMILES string of the molecule is CCOP(=O)(OCC)[C@H](O)[C@H]1O[C@@H](n2ccc(=O)n(COC)c2=O)[C@@H]2OC(C)(C)O[C@@H]21.